The fourth-order valence-electron chi connectivity index (χ4n) is 0.523. The first-order valence-electron chi connectivity index (χ1n) is 3.38. The molecule has 0 aliphatic heterocycles. The Morgan fingerprint density at radius 3 is 2.40 bits per heavy atom. The minimum absolute atomic E-state index is 0.355. The van der Waals surface area contributed by atoms with E-state index in [9.17, 15) is 0 Å². The van der Waals surface area contributed by atoms with E-state index >= 15 is 0 Å². The Labute approximate surface area is 62.4 Å². The lowest BCUT2D eigenvalue weighted by Crippen LogP contribution is -2.02. The summed E-state index contributed by atoms with van der Waals surface area (Å²) in [5.74, 6) is 1.15. The maximum atomic E-state index is 4.07. The van der Waals surface area contributed by atoms with Crippen LogP contribution >= 0.6 is 0 Å². The van der Waals surface area contributed by atoms with Gasteiger partial charge in [0.15, 0.2) is 0 Å². The van der Waals surface area contributed by atoms with Crippen molar-refractivity contribution in [3.8, 4) is 0 Å². The number of allylic oxidation sites excluding steroid dienone is 1. The second kappa shape index (κ2) is 4.91. The highest BCUT2D eigenvalue weighted by Gasteiger charge is 1.98. The highest BCUT2D eigenvalue weighted by molar-refractivity contribution is 5.88. The molecule has 0 aromatic heterocycles. The topological polar surface area (TPSA) is 24.7 Å². The average Bonchev–Trinajstić information content (AvgIpc) is 1.89. The van der Waals surface area contributed by atoms with Crippen molar-refractivity contribution in [3.05, 3.63) is 12.3 Å². The van der Waals surface area contributed by atoms with Gasteiger partial charge in [0.1, 0.15) is 5.84 Å². The molecule has 0 amide bonds. The SMILES string of the molecule is C=N/C(=N\C=C/C)C(C)C. The Balaban J connectivity index is 4.18. The summed E-state index contributed by atoms with van der Waals surface area (Å²) >= 11 is 0. The summed E-state index contributed by atoms with van der Waals surface area (Å²) in [4.78, 5) is 7.84. The third-order valence-corrected chi connectivity index (χ3v) is 1.03. The van der Waals surface area contributed by atoms with Crippen LogP contribution < -0.4 is 0 Å². The van der Waals surface area contributed by atoms with Gasteiger partial charge < -0.3 is 0 Å². The van der Waals surface area contributed by atoms with Gasteiger partial charge in [0.2, 0.25) is 0 Å². The molecule has 0 rings (SSSR count). The zero-order valence-electron chi connectivity index (χ0n) is 6.83. The highest BCUT2D eigenvalue weighted by atomic mass is 14.9. The lowest BCUT2D eigenvalue weighted by molar-refractivity contribution is 0.873. The second-order valence-corrected chi connectivity index (χ2v) is 2.28. The van der Waals surface area contributed by atoms with Gasteiger partial charge in [-0.1, -0.05) is 19.9 Å². The van der Waals surface area contributed by atoms with Crippen molar-refractivity contribution >= 4 is 12.6 Å². The minimum Gasteiger partial charge on any atom is -0.249 e. The molecule has 0 atom stereocenters. The van der Waals surface area contributed by atoms with E-state index in [0.29, 0.717) is 5.92 Å². The van der Waals surface area contributed by atoms with Crippen LogP contribution in [0.15, 0.2) is 22.3 Å². The largest absolute Gasteiger partial charge is 0.249 e. The van der Waals surface area contributed by atoms with Gasteiger partial charge in [-0.05, 0) is 13.6 Å². The van der Waals surface area contributed by atoms with Crippen LogP contribution in [0.1, 0.15) is 20.8 Å². The van der Waals surface area contributed by atoms with Crippen LogP contribution in [-0.2, 0) is 0 Å². The van der Waals surface area contributed by atoms with E-state index in [1.807, 2.05) is 26.8 Å². The Morgan fingerprint density at radius 1 is 1.50 bits per heavy atom. The number of nitrogens with zero attached hydrogens (tertiary/aromatic N) is 2. The average molecular weight is 138 g/mol. The summed E-state index contributed by atoms with van der Waals surface area (Å²) in [7, 11) is 0. The fourth-order valence-corrected chi connectivity index (χ4v) is 0.523. The molecule has 0 spiro atoms. The second-order valence-electron chi connectivity index (χ2n) is 2.28. The molecule has 10 heavy (non-hydrogen) atoms. The Morgan fingerprint density at radius 2 is 2.10 bits per heavy atom. The van der Waals surface area contributed by atoms with Gasteiger partial charge in [-0.2, -0.15) is 0 Å². The van der Waals surface area contributed by atoms with E-state index in [0.717, 1.165) is 5.84 Å². The predicted octanol–water partition coefficient (Wildman–Crippen LogP) is 2.28. The van der Waals surface area contributed by atoms with Gasteiger partial charge in [-0.25, -0.2) is 9.98 Å². The normalized spacial score (nSPS) is 13.0. The van der Waals surface area contributed by atoms with Crippen molar-refractivity contribution in [3.63, 3.8) is 0 Å². The van der Waals surface area contributed by atoms with Crippen LogP contribution in [0.4, 0.5) is 0 Å². The number of rotatable bonds is 2. The summed E-state index contributed by atoms with van der Waals surface area (Å²) in [5, 5.41) is 0. The predicted molar refractivity (Wildman–Crippen MR) is 46.6 cm³/mol. The van der Waals surface area contributed by atoms with E-state index in [1.165, 1.54) is 0 Å². The van der Waals surface area contributed by atoms with Gasteiger partial charge in [0.05, 0.1) is 0 Å². The third kappa shape index (κ3) is 3.17. The molecule has 56 valence electrons. The van der Waals surface area contributed by atoms with Crippen molar-refractivity contribution in [1.82, 2.24) is 0 Å². The molecule has 0 bridgehead atoms. The first-order chi connectivity index (χ1) is 4.72. The highest BCUT2D eigenvalue weighted by Crippen LogP contribution is 1.97. The van der Waals surface area contributed by atoms with Crippen LogP contribution in [-0.4, -0.2) is 12.6 Å². The molecule has 0 aliphatic rings. The van der Waals surface area contributed by atoms with Crippen LogP contribution in [0.2, 0.25) is 0 Å². The van der Waals surface area contributed by atoms with Gasteiger partial charge in [-0.3, -0.25) is 0 Å². The Hall–Kier alpha value is -0.920. The van der Waals surface area contributed by atoms with E-state index < -0.39 is 0 Å². The van der Waals surface area contributed by atoms with Crippen LogP contribution in [0.25, 0.3) is 0 Å². The van der Waals surface area contributed by atoms with Gasteiger partial charge in [0, 0.05) is 12.1 Å². The molecule has 0 saturated carbocycles. The third-order valence-electron chi connectivity index (χ3n) is 1.03. The maximum absolute atomic E-state index is 4.07. The smallest absolute Gasteiger partial charge is 0.129 e. The monoisotopic (exact) mass is 138 g/mol. The molecule has 0 aliphatic carbocycles. The molecule has 0 fully saturated rings. The van der Waals surface area contributed by atoms with Crippen molar-refractivity contribution in [2.45, 2.75) is 20.8 Å². The van der Waals surface area contributed by atoms with Crippen molar-refractivity contribution in [2.24, 2.45) is 15.9 Å². The number of hydrogen-bond donors (Lipinski definition) is 0. The van der Waals surface area contributed by atoms with Crippen LogP contribution in [0, 0.1) is 5.92 Å². The molecule has 0 radical (unpaired) electrons. The molecule has 0 saturated heterocycles. The molecule has 0 unspecified atom stereocenters. The van der Waals surface area contributed by atoms with E-state index in [1.54, 1.807) is 6.20 Å². The molecule has 0 N–H and O–H groups in total. The minimum atomic E-state index is 0.355. The molecule has 0 aromatic carbocycles. The summed E-state index contributed by atoms with van der Waals surface area (Å²) in [6, 6.07) is 0. The van der Waals surface area contributed by atoms with E-state index in [4.69, 9.17) is 0 Å². The molecule has 2 heteroatoms. The zero-order chi connectivity index (χ0) is 7.98. The van der Waals surface area contributed by atoms with E-state index in [-0.39, 0.29) is 0 Å². The quantitative estimate of drug-likeness (QED) is 0.413. The number of aliphatic imine (C=N–C) groups is 2. The van der Waals surface area contributed by atoms with Gasteiger partial charge in [-0.15, -0.1) is 0 Å². The van der Waals surface area contributed by atoms with Crippen LogP contribution in [0.5, 0.6) is 0 Å². The zero-order valence-corrected chi connectivity index (χ0v) is 6.83. The van der Waals surface area contributed by atoms with Crippen molar-refractivity contribution in [2.75, 3.05) is 0 Å². The summed E-state index contributed by atoms with van der Waals surface area (Å²) in [6.45, 7) is 9.42. The molecular weight excluding hydrogens is 124 g/mol. The standard InChI is InChI=1S/C8H14N2/c1-5-6-10-8(9-4)7(2)3/h5-7H,4H2,1-3H3/b6-5-,10-8-. The molecule has 0 heterocycles. The molecule has 0 aromatic rings. The molecular formula is C8H14N2. The van der Waals surface area contributed by atoms with Gasteiger partial charge in [0.25, 0.3) is 0 Å². The summed E-state index contributed by atoms with van der Waals surface area (Å²) in [5.41, 5.74) is 0. The fraction of sp³-hybridized carbons (Fsp3) is 0.500. The Kier molecular flexibility index (Phi) is 4.46. The van der Waals surface area contributed by atoms with Crippen molar-refractivity contribution < 1.29 is 0 Å². The summed E-state index contributed by atoms with van der Waals surface area (Å²) in [6.07, 6.45) is 3.59. The van der Waals surface area contributed by atoms with Gasteiger partial charge >= 0.3 is 0 Å². The lowest BCUT2D eigenvalue weighted by atomic mass is 10.2. The van der Waals surface area contributed by atoms with Crippen LogP contribution in [0.3, 0.4) is 0 Å². The first kappa shape index (κ1) is 9.08. The number of hydrogen-bond acceptors (Lipinski definition) is 1. The first-order valence-corrected chi connectivity index (χ1v) is 3.38. The number of amidine groups is 1. The Bertz CT molecular complexity index is 155. The molecule has 2 nitrogen and oxygen atoms in total. The van der Waals surface area contributed by atoms with Crippen molar-refractivity contribution in [1.29, 1.82) is 0 Å². The summed E-state index contributed by atoms with van der Waals surface area (Å²) < 4.78 is 0. The maximum Gasteiger partial charge on any atom is 0.129 e. The lowest BCUT2D eigenvalue weighted by Gasteiger charge is -1.99. The van der Waals surface area contributed by atoms with E-state index in [2.05, 4.69) is 16.7 Å².